The first-order valence-corrected chi connectivity index (χ1v) is 8.66. The molecule has 124 valence electrons. The number of aryl methyl sites for hydroxylation is 2. The molecule has 5 heteroatoms. The van der Waals surface area contributed by atoms with Gasteiger partial charge in [0.1, 0.15) is 5.75 Å². The molecule has 0 amide bonds. The number of ether oxygens (including phenoxy) is 1. The van der Waals surface area contributed by atoms with Gasteiger partial charge in [-0.2, -0.15) is 0 Å². The third-order valence-corrected chi connectivity index (χ3v) is 4.42. The molecule has 0 bridgehead atoms. The van der Waals surface area contributed by atoms with E-state index in [-0.39, 0.29) is 0 Å². The number of aliphatic imine (C=N–C) groups is 1. The summed E-state index contributed by atoms with van der Waals surface area (Å²) in [6.07, 6.45) is 0. The number of nitrogens with one attached hydrogen (secondary N) is 2. The van der Waals surface area contributed by atoms with Crippen LogP contribution in [0.5, 0.6) is 5.75 Å². The predicted molar refractivity (Wildman–Crippen MR) is 98.4 cm³/mol. The molecule has 0 saturated heterocycles. The molecule has 2 aromatic rings. The molecule has 0 spiro atoms. The van der Waals surface area contributed by atoms with Gasteiger partial charge >= 0.3 is 0 Å². The van der Waals surface area contributed by atoms with E-state index in [2.05, 4.69) is 59.8 Å². The van der Waals surface area contributed by atoms with E-state index in [1.165, 1.54) is 15.3 Å². The molecule has 0 fully saturated rings. The maximum Gasteiger partial charge on any atom is 0.191 e. The second kappa shape index (κ2) is 8.58. The van der Waals surface area contributed by atoms with Gasteiger partial charge in [0, 0.05) is 28.9 Å². The average Bonchev–Trinajstić information content (AvgIpc) is 2.95. The summed E-state index contributed by atoms with van der Waals surface area (Å²) in [7, 11) is 1.79. The minimum atomic E-state index is 0.668. The van der Waals surface area contributed by atoms with Crippen molar-refractivity contribution in [1.29, 1.82) is 0 Å². The first kappa shape index (κ1) is 17.3. The molecule has 0 saturated carbocycles. The van der Waals surface area contributed by atoms with Gasteiger partial charge in [-0.25, -0.2) is 0 Å². The zero-order valence-corrected chi connectivity index (χ0v) is 15.1. The maximum atomic E-state index is 5.72. The van der Waals surface area contributed by atoms with Crippen LogP contribution >= 0.6 is 11.3 Å². The topological polar surface area (TPSA) is 45.6 Å². The highest BCUT2D eigenvalue weighted by atomic mass is 32.1. The third-order valence-electron chi connectivity index (χ3n) is 3.42. The van der Waals surface area contributed by atoms with Crippen LogP contribution in [-0.4, -0.2) is 19.6 Å². The molecular weight excluding hydrogens is 306 g/mol. The van der Waals surface area contributed by atoms with Crippen LogP contribution in [-0.2, 0) is 13.1 Å². The molecule has 1 aromatic heterocycles. The number of guanidine groups is 1. The van der Waals surface area contributed by atoms with Gasteiger partial charge in [0.25, 0.3) is 0 Å². The molecule has 4 nitrogen and oxygen atoms in total. The number of hydrogen-bond donors (Lipinski definition) is 2. The second-order valence-electron chi connectivity index (χ2n) is 5.34. The van der Waals surface area contributed by atoms with E-state index in [0.29, 0.717) is 13.2 Å². The first-order chi connectivity index (χ1) is 11.1. The van der Waals surface area contributed by atoms with Gasteiger partial charge in [0.05, 0.1) is 13.2 Å². The van der Waals surface area contributed by atoms with E-state index in [1.54, 1.807) is 18.4 Å². The fraction of sp³-hybridized carbons (Fsp3) is 0.389. The summed E-state index contributed by atoms with van der Waals surface area (Å²) in [4.78, 5) is 6.90. The largest absolute Gasteiger partial charge is 0.494 e. The fourth-order valence-corrected chi connectivity index (χ4v) is 3.08. The SMILES string of the molecule is CCOc1cc(C)ccc1CNC(=NC)NCc1ccc(C)s1. The standard InChI is InChI=1S/C18H25N3OS/c1-5-22-17-10-13(2)6-8-15(17)11-20-18(19-4)21-12-16-9-7-14(3)23-16/h6-10H,5,11-12H2,1-4H3,(H2,19,20,21). The van der Waals surface area contributed by atoms with Crippen LogP contribution in [0.1, 0.15) is 27.8 Å². The lowest BCUT2D eigenvalue weighted by Crippen LogP contribution is -2.36. The Balaban J connectivity index is 1.92. The van der Waals surface area contributed by atoms with Crippen LogP contribution in [0.15, 0.2) is 35.3 Å². The monoisotopic (exact) mass is 331 g/mol. The molecule has 1 aromatic carbocycles. The van der Waals surface area contributed by atoms with E-state index in [9.17, 15) is 0 Å². The van der Waals surface area contributed by atoms with E-state index in [1.807, 2.05) is 6.92 Å². The van der Waals surface area contributed by atoms with Gasteiger partial charge in [0.15, 0.2) is 5.96 Å². The number of rotatable bonds is 6. The summed E-state index contributed by atoms with van der Waals surface area (Å²) < 4.78 is 5.72. The predicted octanol–water partition coefficient (Wildman–Crippen LogP) is 3.63. The number of nitrogens with zero attached hydrogens (tertiary/aromatic N) is 1. The Morgan fingerprint density at radius 1 is 1.13 bits per heavy atom. The lowest BCUT2D eigenvalue weighted by atomic mass is 10.1. The van der Waals surface area contributed by atoms with Crippen LogP contribution in [0.4, 0.5) is 0 Å². The second-order valence-corrected chi connectivity index (χ2v) is 6.71. The Morgan fingerprint density at radius 3 is 2.57 bits per heavy atom. The highest BCUT2D eigenvalue weighted by Crippen LogP contribution is 2.20. The maximum absolute atomic E-state index is 5.72. The third kappa shape index (κ3) is 5.28. The van der Waals surface area contributed by atoms with Gasteiger partial charge in [-0.1, -0.05) is 12.1 Å². The Bertz CT molecular complexity index is 664. The Hall–Kier alpha value is -2.01. The first-order valence-electron chi connectivity index (χ1n) is 7.84. The molecule has 0 aliphatic carbocycles. The minimum absolute atomic E-state index is 0.668. The lowest BCUT2D eigenvalue weighted by Gasteiger charge is -2.14. The van der Waals surface area contributed by atoms with Gasteiger partial charge in [0.2, 0.25) is 0 Å². The van der Waals surface area contributed by atoms with Crippen molar-refractivity contribution in [2.24, 2.45) is 4.99 Å². The van der Waals surface area contributed by atoms with Gasteiger partial charge < -0.3 is 15.4 Å². The van der Waals surface area contributed by atoms with Crippen molar-refractivity contribution in [3.8, 4) is 5.75 Å². The van der Waals surface area contributed by atoms with Crippen molar-refractivity contribution in [1.82, 2.24) is 10.6 Å². The molecule has 0 aliphatic rings. The Kier molecular flexibility index (Phi) is 6.47. The summed E-state index contributed by atoms with van der Waals surface area (Å²) in [5, 5.41) is 6.69. The van der Waals surface area contributed by atoms with Crippen molar-refractivity contribution in [2.75, 3.05) is 13.7 Å². The van der Waals surface area contributed by atoms with Crippen LogP contribution in [0.25, 0.3) is 0 Å². The van der Waals surface area contributed by atoms with Crippen LogP contribution in [0, 0.1) is 13.8 Å². The summed E-state index contributed by atoms with van der Waals surface area (Å²) in [6, 6.07) is 10.6. The smallest absolute Gasteiger partial charge is 0.191 e. The van der Waals surface area contributed by atoms with Crippen molar-refractivity contribution in [3.63, 3.8) is 0 Å². The highest BCUT2D eigenvalue weighted by Gasteiger charge is 2.06. The Labute approximate surface area is 142 Å². The average molecular weight is 331 g/mol. The zero-order valence-electron chi connectivity index (χ0n) is 14.3. The van der Waals surface area contributed by atoms with Gasteiger partial charge in [-0.15, -0.1) is 11.3 Å². The molecule has 23 heavy (non-hydrogen) atoms. The minimum Gasteiger partial charge on any atom is -0.494 e. The number of benzene rings is 1. The van der Waals surface area contributed by atoms with Crippen molar-refractivity contribution in [3.05, 3.63) is 51.2 Å². The molecule has 2 N–H and O–H groups in total. The summed E-state index contributed by atoms with van der Waals surface area (Å²) in [5.41, 5.74) is 2.33. The molecule has 0 radical (unpaired) electrons. The van der Waals surface area contributed by atoms with Crippen LogP contribution in [0.2, 0.25) is 0 Å². The van der Waals surface area contributed by atoms with Gasteiger partial charge in [-0.3, -0.25) is 4.99 Å². The fourth-order valence-electron chi connectivity index (χ4n) is 2.25. The Morgan fingerprint density at radius 2 is 1.91 bits per heavy atom. The molecule has 0 atom stereocenters. The van der Waals surface area contributed by atoms with Crippen LogP contribution < -0.4 is 15.4 Å². The molecule has 0 aliphatic heterocycles. The summed E-state index contributed by atoms with van der Waals surface area (Å²) >= 11 is 1.80. The zero-order chi connectivity index (χ0) is 16.7. The van der Waals surface area contributed by atoms with E-state index in [0.717, 1.165) is 23.8 Å². The molecule has 0 unspecified atom stereocenters. The van der Waals surface area contributed by atoms with E-state index < -0.39 is 0 Å². The molecule has 1 heterocycles. The number of thiophene rings is 1. The molecule has 2 rings (SSSR count). The van der Waals surface area contributed by atoms with Crippen molar-refractivity contribution >= 4 is 17.3 Å². The lowest BCUT2D eigenvalue weighted by molar-refractivity contribution is 0.336. The van der Waals surface area contributed by atoms with E-state index in [4.69, 9.17) is 4.74 Å². The molecular formula is C18H25N3OS. The number of hydrogen-bond acceptors (Lipinski definition) is 3. The summed E-state index contributed by atoms with van der Waals surface area (Å²) in [6.45, 7) is 8.32. The van der Waals surface area contributed by atoms with Crippen LogP contribution in [0.3, 0.4) is 0 Å². The van der Waals surface area contributed by atoms with Crippen molar-refractivity contribution < 1.29 is 4.74 Å². The quantitative estimate of drug-likeness (QED) is 0.628. The van der Waals surface area contributed by atoms with E-state index >= 15 is 0 Å². The summed E-state index contributed by atoms with van der Waals surface area (Å²) in [5.74, 6) is 1.73. The van der Waals surface area contributed by atoms with Gasteiger partial charge in [-0.05, 0) is 44.5 Å². The normalized spacial score (nSPS) is 11.4. The van der Waals surface area contributed by atoms with Crippen molar-refractivity contribution in [2.45, 2.75) is 33.9 Å². The highest BCUT2D eigenvalue weighted by molar-refractivity contribution is 7.11.